The number of hydrogen-bond acceptors (Lipinski definition) is 2. The van der Waals surface area contributed by atoms with Gasteiger partial charge in [0.2, 0.25) is 0 Å². The molecule has 1 aromatic carbocycles. The molecule has 2 aromatic rings. The number of aryl methyl sites for hydroxylation is 1. The largest absolute Gasteiger partial charge is 0.507 e. The van der Waals surface area contributed by atoms with Gasteiger partial charge in [0, 0.05) is 28.1 Å². The molecule has 1 heterocycles. The van der Waals surface area contributed by atoms with E-state index in [1.54, 1.807) is 0 Å². The molecule has 0 saturated carbocycles. The Labute approximate surface area is 94.7 Å². The Hall–Kier alpha value is -1.48. The van der Waals surface area contributed by atoms with Crippen LogP contribution in [0.4, 0.5) is 0 Å². The predicted octanol–water partition coefficient (Wildman–Crippen LogP) is 2.45. The van der Waals surface area contributed by atoms with E-state index in [2.05, 4.69) is 4.98 Å². The van der Waals surface area contributed by atoms with Gasteiger partial charge in [0.15, 0.2) is 0 Å². The van der Waals surface area contributed by atoms with Crippen LogP contribution in [0, 0.1) is 6.92 Å². The Morgan fingerprint density at radius 2 is 2.00 bits per heavy atom. The van der Waals surface area contributed by atoms with Crippen LogP contribution in [0.15, 0.2) is 18.3 Å². The molecule has 0 aliphatic heterocycles. The lowest BCUT2D eigenvalue weighted by molar-refractivity contribution is 0.215. The summed E-state index contributed by atoms with van der Waals surface area (Å²) in [5, 5.41) is 20.4. The molecular weight excluding hydrogens is 202 g/mol. The number of aliphatic hydroxyl groups excluding tert-OH is 1. The normalized spacial score (nSPS) is 12.2. The molecule has 2 rings (SSSR count). The van der Waals surface area contributed by atoms with Crippen molar-refractivity contribution >= 4 is 10.9 Å². The van der Waals surface area contributed by atoms with Crippen LogP contribution < -0.4 is 0 Å². The van der Waals surface area contributed by atoms with Crippen molar-refractivity contribution in [1.82, 2.24) is 4.98 Å². The van der Waals surface area contributed by atoms with Crippen LogP contribution >= 0.6 is 0 Å². The number of rotatable bonds is 2. The molecule has 0 fully saturated rings. The third-order valence-electron chi connectivity index (χ3n) is 3.14. The maximum Gasteiger partial charge on any atom is 0.129 e. The first-order valence-electron chi connectivity index (χ1n) is 5.38. The van der Waals surface area contributed by atoms with Crippen molar-refractivity contribution in [1.29, 1.82) is 0 Å². The first-order valence-corrected chi connectivity index (χ1v) is 5.38. The Kier molecular flexibility index (Phi) is 2.43. The summed E-state index contributed by atoms with van der Waals surface area (Å²) in [5.41, 5.74) is 2.29. The van der Waals surface area contributed by atoms with Gasteiger partial charge in [-0.3, -0.25) is 0 Å². The van der Waals surface area contributed by atoms with Gasteiger partial charge in [0.1, 0.15) is 5.75 Å². The fourth-order valence-electron chi connectivity index (χ4n) is 2.00. The molecule has 0 unspecified atom stereocenters. The van der Waals surface area contributed by atoms with Crippen molar-refractivity contribution in [3.05, 3.63) is 29.5 Å². The molecule has 0 amide bonds. The van der Waals surface area contributed by atoms with Crippen molar-refractivity contribution in [2.75, 3.05) is 6.61 Å². The molecule has 0 spiro atoms. The number of hydrogen-bond donors (Lipinski definition) is 3. The standard InChI is InChI=1S/C13H17NO2/c1-8-6-14-10-5-4-9(12(16)11(8)10)13(2,3)7-15/h4-6,14-16H,7H2,1-3H3. The van der Waals surface area contributed by atoms with E-state index >= 15 is 0 Å². The van der Waals surface area contributed by atoms with Crippen LogP contribution in [0.1, 0.15) is 25.0 Å². The molecule has 0 aliphatic carbocycles. The number of benzene rings is 1. The number of phenolic OH excluding ortho intramolecular Hbond substituents is 1. The zero-order valence-electron chi connectivity index (χ0n) is 9.83. The molecule has 3 N–H and O–H groups in total. The molecule has 0 radical (unpaired) electrons. The fourth-order valence-corrected chi connectivity index (χ4v) is 2.00. The third-order valence-corrected chi connectivity index (χ3v) is 3.14. The molecule has 0 bridgehead atoms. The van der Waals surface area contributed by atoms with Gasteiger partial charge < -0.3 is 15.2 Å². The zero-order valence-corrected chi connectivity index (χ0v) is 9.83. The fraction of sp³-hybridized carbons (Fsp3) is 0.385. The lowest BCUT2D eigenvalue weighted by Gasteiger charge is -2.23. The second kappa shape index (κ2) is 3.52. The highest BCUT2D eigenvalue weighted by Gasteiger charge is 2.24. The van der Waals surface area contributed by atoms with Gasteiger partial charge >= 0.3 is 0 Å². The predicted molar refractivity (Wildman–Crippen MR) is 64.8 cm³/mol. The summed E-state index contributed by atoms with van der Waals surface area (Å²) in [5.74, 6) is 0.273. The van der Waals surface area contributed by atoms with E-state index in [9.17, 15) is 10.2 Å². The van der Waals surface area contributed by atoms with Crippen LogP contribution in [-0.2, 0) is 5.41 Å². The Balaban J connectivity index is 2.73. The SMILES string of the molecule is Cc1c[nH]c2ccc(C(C)(C)CO)c(O)c12. The summed E-state index contributed by atoms with van der Waals surface area (Å²) >= 11 is 0. The highest BCUT2D eigenvalue weighted by atomic mass is 16.3. The lowest BCUT2D eigenvalue weighted by Crippen LogP contribution is -2.22. The summed E-state index contributed by atoms with van der Waals surface area (Å²) < 4.78 is 0. The monoisotopic (exact) mass is 219 g/mol. The Bertz CT molecular complexity index is 526. The minimum absolute atomic E-state index is 0.00946. The van der Waals surface area contributed by atoms with Crippen molar-refractivity contribution in [3.63, 3.8) is 0 Å². The first kappa shape index (κ1) is 11.0. The van der Waals surface area contributed by atoms with Crippen molar-refractivity contribution in [2.45, 2.75) is 26.2 Å². The maximum absolute atomic E-state index is 10.3. The van der Waals surface area contributed by atoms with E-state index in [1.807, 2.05) is 39.1 Å². The van der Waals surface area contributed by atoms with Gasteiger partial charge in [-0.15, -0.1) is 0 Å². The van der Waals surface area contributed by atoms with Crippen LogP contribution in [0.5, 0.6) is 5.75 Å². The van der Waals surface area contributed by atoms with Crippen LogP contribution in [0.2, 0.25) is 0 Å². The average Bonchev–Trinajstić information content (AvgIpc) is 2.61. The van der Waals surface area contributed by atoms with E-state index in [0.29, 0.717) is 0 Å². The summed E-state index contributed by atoms with van der Waals surface area (Å²) in [6.45, 7) is 5.79. The van der Waals surface area contributed by atoms with Crippen LogP contribution in [0.25, 0.3) is 10.9 Å². The van der Waals surface area contributed by atoms with Crippen LogP contribution in [0.3, 0.4) is 0 Å². The van der Waals surface area contributed by atoms with Gasteiger partial charge in [-0.25, -0.2) is 0 Å². The second-order valence-electron chi connectivity index (χ2n) is 4.90. The van der Waals surface area contributed by atoms with Gasteiger partial charge in [-0.05, 0) is 18.6 Å². The second-order valence-corrected chi connectivity index (χ2v) is 4.90. The molecule has 0 saturated heterocycles. The quantitative estimate of drug-likeness (QED) is 0.726. The zero-order chi connectivity index (χ0) is 11.9. The average molecular weight is 219 g/mol. The van der Waals surface area contributed by atoms with E-state index in [1.165, 1.54) is 0 Å². The van der Waals surface area contributed by atoms with Crippen molar-refractivity contribution in [2.24, 2.45) is 0 Å². The number of aliphatic hydroxyl groups is 1. The third kappa shape index (κ3) is 1.48. The highest BCUT2D eigenvalue weighted by Crippen LogP contribution is 2.37. The van der Waals surface area contributed by atoms with Crippen LogP contribution in [-0.4, -0.2) is 21.8 Å². The van der Waals surface area contributed by atoms with Gasteiger partial charge in [-0.2, -0.15) is 0 Å². The van der Waals surface area contributed by atoms with E-state index < -0.39 is 5.41 Å². The number of nitrogens with one attached hydrogen (secondary N) is 1. The summed E-state index contributed by atoms with van der Waals surface area (Å²) in [7, 11) is 0. The number of H-pyrrole nitrogens is 1. The summed E-state index contributed by atoms with van der Waals surface area (Å²) in [6, 6.07) is 3.80. The molecule has 3 nitrogen and oxygen atoms in total. The number of aromatic amines is 1. The summed E-state index contributed by atoms with van der Waals surface area (Å²) in [6.07, 6.45) is 1.88. The molecule has 1 aromatic heterocycles. The smallest absolute Gasteiger partial charge is 0.129 e. The molecule has 0 aliphatic rings. The minimum atomic E-state index is -0.429. The number of phenols is 1. The van der Waals surface area contributed by atoms with E-state index in [4.69, 9.17) is 0 Å². The maximum atomic E-state index is 10.3. The number of aromatic hydroxyl groups is 1. The lowest BCUT2D eigenvalue weighted by atomic mass is 9.84. The Morgan fingerprint density at radius 3 is 2.62 bits per heavy atom. The highest BCUT2D eigenvalue weighted by molar-refractivity contribution is 5.90. The van der Waals surface area contributed by atoms with Gasteiger partial charge in [-0.1, -0.05) is 19.9 Å². The minimum Gasteiger partial charge on any atom is -0.507 e. The first-order chi connectivity index (χ1) is 7.47. The molecule has 0 atom stereocenters. The van der Waals surface area contributed by atoms with Gasteiger partial charge in [0.25, 0.3) is 0 Å². The van der Waals surface area contributed by atoms with Crippen molar-refractivity contribution < 1.29 is 10.2 Å². The van der Waals surface area contributed by atoms with Crippen molar-refractivity contribution in [3.8, 4) is 5.75 Å². The van der Waals surface area contributed by atoms with E-state index in [-0.39, 0.29) is 12.4 Å². The molecule has 3 heteroatoms. The van der Waals surface area contributed by atoms with E-state index in [0.717, 1.165) is 22.0 Å². The topological polar surface area (TPSA) is 56.2 Å². The number of fused-ring (bicyclic) bond motifs is 1. The number of aromatic nitrogens is 1. The molecule has 16 heavy (non-hydrogen) atoms. The Morgan fingerprint density at radius 1 is 1.31 bits per heavy atom. The van der Waals surface area contributed by atoms with Gasteiger partial charge in [0.05, 0.1) is 6.61 Å². The molecular formula is C13H17NO2. The summed E-state index contributed by atoms with van der Waals surface area (Å²) in [4.78, 5) is 3.10. The molecule has 86 valence electrons.